The highest BCUT2D eigenvalue weighted by Gasteiger charge is 2.05. The molecule has 1 rings (SSSR count). The fraction of sp³-hybridized carbons (Fsp3) is 0.667. The summed E-state index contributed by atoms with van der Waals surface area (Å²) in [6.07, 6.45) is 3.98. The molecule has 3 heteroatoms. The van der Waals surface area contributed by atoms with Crippen molar-refractivity contribution >= 4 is 0 Å². The smallest absolute Gasteiger partial charge is 0.0891 e. The van der Waals surface area contributed by atoms with Gasteiger partial charge in [0.1, 0.15) is 0 Å². The van der Waals surface area contributed by atoms with Crippen molar-refractivity contribution in [3.05, 3.63) is 12.4 Å². The average molecular weight is 128 g/mol. The first kappa shape index (κ1) is 6.42. The molecule has 0 unspecified atom stereocenters. The molecule has 1 aliphatic heterocycles. The van der Waals surface area contributed by atoms with Gasteiger partial charge < -0.3 is 14.9 Å². The molecular weight excluding hydrogens is 116 g/mol. The Hall–Kier alpha value is -0.700. The zero-order valence-corrected chi connectivity index (χ0v) is 5.62. The van der Waals surface area contributed by atoms with Gasteiger partial charge in [-0.3, -0.25) is 0 Å². The van der Waals surface area contributed by atoms with Crippen molar-refractivity contribution in [1.82, 2.24) is 9.80 Å². The Bertz CT molecular complexity index is 114. The van der Waals surface area contributed by atoms with Crippen LogP contribution >= 0.6 is 0 Å². The predicted molar refractivity (Wildman–Crippen MR) is 35.6 cm³/mol. The lowest BCUT2D eigenvalue weighted by Gasteiger charge is -2.15. The van der Waals surface area contributed by atoms with Crippen molar-refractivity contribution in [2.45, 2.75) is 0 Å². The molecule has 0 saturated carbocycles. The first-order valence-corrected chi connectivity index (χ1v) is 3.06. The van der Waals surface area contributed by atoms with Crippen molar-refractivity contribution in [1.29, 1.82) is 0 Å². The molecule has 0 atom stereocenters. The molecular formula is C6H12N2O. The molecule has 0 fully saturated rings. The molecule has 1 N–H and O–H groups in total. The monoisotopic (exact) mass is 128 g/mol. The quantitative estimate of drug-likeness (QED) is 0.551. The molecule has 52 valence electrons. The molecule has 0 bridgehead atoms. The fourth-order valence-corrected chi connectivity index (χ4v) is 0.863. The molecule has 0 aromatic rings. The van der Waals surface area contributed by atoms with Gasteiger partial charge in [0.2, 0.25) is 0 Å². The maximum atomic E-state index is 8.52. The van der Waals surface area contributed by atoms with Crippen LogP contribution in [0.4, 0.5) is 0 Å². The topological polar surface area (TPSA) is 26.7 Å². The number of β-amino-alcohol motifs (C(OH)–C–C–N with tert-alkyl or cyclic N) is 1. The maximum Gasteiger partial charge on any atom is 0.0891 e. The van der Waals surface area contributed by atoms with Crippen molar-refractivity contribution in [2.75, 3.05) is 26.9 Å². The fourth-order valence-electron chi connectivity index (χ4n) is 0.863. The van der Waals surface area contributed by atoms with E-state index in [1.165, 1.54) is 0 Å². The summed E-state index contributed by atoms with van der Waals surface area (Å²) in [6, 6.07) is 0. The highest BCUT2D eigenvalue weighted by Crippen LogP contribution is 2.01. The molecule has 1 heterocycles. The van der Waals surface area contributed by atoms with Crippen LogP contribution in [0.3, 0.4) is 0 Å². The lowest BCUT2D eigenvalue weighted by molar-refractivity contribution is 0.217. The first-order valence-electron chi connectivity index (χ1n) is 3.06. The minimum Gasteiger partial charge on any atom is -0.395 e. The number of hydrogen-bond donors (Lipinski definition) is 1. The van der Waals surface area contributed by atoms with E-state index in [0.29, 0.717) is 0 Å². The summed E-state index contributed by atoms with van der Waals surface area (Å²) in [4.78, 5) is 4.12. The average Bonchev–Trinajstić information content (AvgIpc) is 2.17. The second-order valence-electron chi connectivity index (χ2n) is 2.23. The van der Waals surface area contributed by atoms with Gasteiger partial charge in [0.05, 0.1) is 13.3 Å². The van der Waals surface area contributed by atoms with Crippen molar-refractivity contribution in [2.24, 2.45) is 0 Å². The summed E-state index contributed by atoms with van der Waals surface area (Å²) in [7, 11) is 2.01. The van der Waals surface area contributed by atoms with E-state index in [1.54, 1.807) is 0 Å². The van der Waals surface area contributed by atoms with Gasteiger partial charge in [0, 0.05) is 26.0 Å². The van der Waals surface area contributed by atoms with E-state index < -0.39 is 0 Å². The zero-order valence-electron chi connectivity index (χ0n) is 5.62. The van der Waals surface area contributed by atoms with Crippen molar-refractivity contribution in [3.63, 3.8) is 0 Å². The molecule has 0 saturated heterocycles. The molecule has 1 aliphatic rings. The Morgan fingerprint density at radius 1 is 1.56 bits per heavy atom. The van der Waals surface area contributed by atoms with Crippen LogP contribution in [0, 0.1) is 0 Å². The number of nitrogens with zero attached hydrogens (tertiary/aromatic N) is 2. The van der Waals surface area contributed by atoms with Gasteiger partial charge in [-0.2, -0.15) is 0 Å². The number of rotatable bonds is 2. The highest BCUT2D eigenvalue weighted by atomic mass is 16.3. The maximum absolute atomic E-state index is 8.52. The van der Waals surface area contributed by atoms with Gasteiger partial charge in [0.25, 0.3) is 0 Å². The van der Waals surface area contributed by atoms with Gasteiger partial charge >= 0.3 is 0 Å². The van der Waals surface area contributed by atoms with E-state index >= 15 is 0 Å². The third kappa shape index (κ3) is 1.61. The summed E-state index contributed by atoms with van der Waals surface area (Å²) >= 11 is 0. The number of hydrogen-bond acceptors (Lipinski definition) is 3. The summed E-state index contributed by atoms with van der Waals surface area (Å²) in [5.74, 6) is 0. The largest absolute Gasteiger partial charge is 0.395 e. The van der Waals surface area contributed by atoms with Gasteiger partial charge in [-0.15, -0.1) is 0 Å². The normalized spacial score (nSPS) is 17.6. The second-order valence-corrected chi connectivity index (χ2v) is 2.23. The summed E-state index contributed by atoms with van der Waals surface area (Å²) in [5, 5.41) is 8.52. The van der Waals surface area contributed by atoms with Gasteiger partial charge in [0.15, 0.2) is 0 Å². The minimum atomic E-state index is 0.234. The van der Waals surface area contributed by atoms with E-state index in [1.807, 2.05) is 19.4 Å². The third-order valence-corrected chi connectivity index (χ3v) is 1.32. The van der Waals surface area contributed by atoms with E-state index in [2.05, 4.69) is 9.80 Å². The molecule has 0 amide bonds. The van der Waals surface area contributed by atoms with Crippen LogP contribution in [-0.2, 0) is 0 Å². The number of aliphatic hydroxyl groups is 1. The first-order chi connectivity index (χ1) is 4.33. The summed E-state index contributed by atoms with van der Waals surface area (Å²) in [6.45, 7) is 1.87. The predicted octanol–water partition coefficient (Wildman–Crippen LogP) is -0.345. The van der Waals surface area contributed by atoms with Gasteiger partial charge in [-0.05, 0) is 0 Å². The Balaban J connectivity index is 2.24. The molecule has 0 radical (unpaired) electrons. The Morgan fingerprint density at radius 2 is 2.33 bits per heavy atom. The Kier molecular flexibility index (Phi) is 1.95. The van der Waals surface area contributed by atoms with Crippen LogP contribution in [0.25, 0.3) is 0 Å². The minimum absolute atomic E-state index is 0.234. The zero-order chi connectivity index (χ0) is 6.69. The van der Waals surface area contributed by atoms with E-state index in [9.17, 15) is 0 Å². The standard InChI is InChI=1S/C6H12N2O/c1-7-2-3-8(6-7)4-5-9/h2-3,9H,4-6H2,1H3. The molecule has 9 heavy (non-hydrogen) atoms. The van der Waals surface area contributed by atoms with Crippen LogP contribution in [0.1, 0.15) is 0 Å². The van der Waals surface area contributed by atoms with Gasteiger partial charge in [-0.1, -0.05) is 0 Å². The van der Waals surface area contributed by atoms with Crippen LogP contribution in [0.15, 0.2) is 12.4 Å². The molecule has 0 aliphatic carbocycles. The molecule has 0 spiro atoms. The van der Waals surface area contributed by atoms with Crippen LogP contribution < -0.4 is 0 Å². The van der Waals surface area contributed by atoms with E-state index in [0.717, 1.165) is 13.2 Å². The Morgan fingerprint density at radius 3 is 2.78 bits per heavy atom. The van der Waals surface area contributed by atoms with Crippen molar-refractivity contribution < 1.29 is 5.11 Å². The van der Waals surface area contributed by atoms with Crippen LogP contribution in [-0.4, -0.2) is 41.8 Å². The van der Waals surface area contributed by atoms with Crippen molar-refractivity contribution in [3.8, 4) is 0 Å². The highest BCUT2D eigenvalue weighted by molar-refractivity contribution is 4.88. The van der Waals surface area contributed by atoms with E-state index in [4.69, 9.17) is 5.11 Å². The molecule has 0 aromatic carbocycles. The van der Waals surface area contributed by atoms with Crippen LogP contribution in [0.2, 0.25) is 0 Å². The van der Waals surface area contributed by atoms with Gasteiger partial charge in [-0.25, -0.2) is 0 Å². The lowest BCUT2D eigenvalue weighted by Crippen LogP contribution is -2.24. The Labute approximate surface area is 55.2 Å². The summed E-state index contributed by atoms with van der Waals surface area (Å²) < 4.78 is 0. The lowest BCUT2D eigenvalue weighted by atomic mass is 10.6. The van der Waals surface area contributed by atoms with E-state index in [-0.39, 0.29) is 6.61 Å². The number of aliphatic hydroxyl groups excluding tert-OH is 1. The molecule has 3 nitrogen and oxygen atoms in total. The second kappa shape index (κ2) is 2.73. The third-order valence-electron chi connectivity index (χ3n) is 1.32. The molecule has 0 aromatic heterocycles. The summed E-state index contributed by atoms with van der Waals surface area (Å²) in [5.41, 5.74) is 0. The SMILES string of the molecule is CN1C=CN(CCO)C1. The van der Waals surface area contributed by atoms with Crippen LogP contribution in [0.5, 0.6) is 0 Å².